The number of ether oxygens (including phenoxy) is 1. The van der Waals surface area contributed by atoms with E-state index in [1.807, 2.05) is 19.1 Å². The zero-order valence-electron chi connectivity index (χ0n) is 13.3. The Morgan fingerprint density at radius 1 is 1.33 bits per heavy atom. The number of amides is 1. The van der Waals surface area contributed by atoms with E-state index in [4.69, 9.17) is 4.74 Å². The van der Waals surface area contributed by atoms with Gasteiger partial charge >= 0.3 is 0 Å². The van der Waals surface area contributed by atoms with Crippen LogP contribution in [-0.2, 0) is 25.1 Å². The lowest BCUT2D eigenvalue weighted by Gasteiger charge is -2.35. The largest absolute Gasteiger partial charge is 0.379 e. The summed E-state index contributed by atoms with van der Waals surface area (Å²) in [7, 11) is -3.66. The lowest BCUT2D eigenvalue weighted by Crippen LogP contribution is -2.49. The van der Waals surface area contributed by atoms with Crippen molar-refractivity contribution in [3.05, 3.63) is 35.4 Å². The van der Waals surface area contributed by atoms with Crippen molar-refractivity contribution in [2.24, 2.45) is 5.41 Å². The van der Waals surface area contributed by atoms with Gasteiger partial charge in [-0.2, -0.15) is 9.36 Å². The predicted octanol–water partition coefficient (Wildman–Crippen LogP) is 1.80. The van der Waals surface area contributed by atoms with Crippen LogP contribution in [0, 0.1) is 12.3 Å². The first kappa shape index (κ1) is 17.0. The van der Waals surface area contributed by atoms with Crippen molar-refractivity contribution in [2.75, 3.05) is 18.5 Å². The second-order valence-corrected chi connectivity index (χ2v) is 8.77. The van der Waals surface area contributed by atoms with Gasteiger partial charge in [0.05, 0.1) is 24.4 Å². The number of aromatic nitrogens is 2. The van der Waals surface area contributed by atoms with Crippen LogP contribution in [0.25, 0.3) is 0 Å². The number of carbonyl (C=O) groups is 1. The molecule has 24 heavy (non-hydrogen) atoms. The molecule has 0 aliphatic carbocycles. The highest BCUT2D eigenvalue weighted by molar-refractivity contribution is 7.90. The number of benzene rings is 1. The van der Waals surface area contributed by atoms with Gasteiger partial charge in [0.25, 0.3) is 5.16 Å². The Kier molecular flexibility index (Phi) is 4.41. The Balaban J connectivity index is 1.71. The molecule has 0 spiro atoms. The quantitative estimate of drug-likeness (QED) is 0.865. The summed E-state index contributed by atoms with van der Waals surface area (Å²) in [5, 5.41) is 2.52. The highest BCUT2D eigenvalue weighted by atomic mass is 32.2. The standard InChI is InChI=1S/C15H17N3O4S2/c1-10-3-5-11(6-4-10)7-24(20,21)14-17-13(23-18-14)16-12(19)15(2)8-22-9-15/h3-6H,7-9H2,1-2H3,(H,16,17,18,19). The number of hydrogen-bond acceptors (Lipinski definition) is 7. The molecular formula is C15H17N3O4S2. The van der Waals surface area contributed by atoms with Crippen LogP contribution in [0.2, 0.25) is 0 Å². The predicted molar refractivity (Wildman–Crippen MR) is 89.5 cm³/mol. The van der Waals surface area contributed by atoms with Gasteiger partial charge in [-0.1, -0.05) is 29.8 Å². The molecule has 1 aliphatic rings. The van der Waals surface area contributed by atoms with E-state index in [2.05, 4.69) is 14.7 Å². The highest BCUT2D eigenvalue weighted by Gasteiger charge is 2.41. The van der Waals surface area contributed by atoms with Gasteiger partial charge in [-0.25, -0.2) is 8.42 Å². The van der Waals surface area contributed by atoms with E-state index in [-0.39, 0.29) is 21.9 Å². The number of carbonyl (C=O) groups excluding carboxylic acids is 1. The third kappa shape index (κ3) is 3.47. The van der Waals surface area contributed by atoms with E-state index in [1.54, 1.807) is 19.1 Å². The topological polar surface area (TPSA) is 98.2 Å². The zero-order chi connectivity index (χ0) is 17.4. The molecule has 1 amide bonds. The molecule has 1 aromatic heterocycles. The average molecular weight is 367 g/mol. The summed E-state index contributed by atoms with van der Waals surface area (Å²) in [6.07, 6.45) is 0. The van der Waals surface area contributed by atoms with Gasteiger partial charge in [-0.15, -0.1) is 0 Å². The summed E-state index contributed by atoms with van der Waals surface area (Å²) in [6, 6.07) is 7.23. The normalized spacial score (nSPS) is 16.4. The molecule has 7 nitrogen and oxygen atoms in total. The number of hydrogen-bond donors (Lipinski definition) is 1. The van der Waals surface area contributed by atoms with E-state index in [9.17, 15) is 13.2 Å². The molecule has 0 radical (unpaired) electrons. The van der Waals surface area contributed by atoms with Crippen LogP contribution in [0.4, 0.5) is 5.13 Å². The summed E-state index contributed by atoms with van der Waals surface area (Å²) in [5.41, 5.74) is 1.13. The van der Waals surface area contributed by atoms with Crippen molar-refractivity contribution in [1.29, 1.82) is 0 Å². The van der Waals surface area contributed by atoms with Crippen LogP contribution in [0.3, 0.4) is 0 Å². The highest BCUT2D eigenvalue weighted by Crippen LogP contribution is 2.29. The fraction of sp³-hybridized carbons (Fsp3) is 0.400. The molecule has 1 aromatic carbocycles. The third-order valence-electron chi connectivity index (χ3n) is 3.77. The number of nitrogens with zero attached hydrogens (tertiary/aromatic N) is 2. The van der Waals surface area contributed by atoms with Crippen molar-refractivity contribution >= 4 is 32.4 Å². The molecule has 1 saturated heterocycles. The molecule has 3 rings (SSSR count). The van der Waals surface area contributed by atoms with Gasteiger partial charge in [0.2, 0.25) is 20.9 Å². The van der Waals surface area contributed by atoms with Crippen molar-refractivity contribution in [2.45, 2.75) is 24.8 Å². The Morgan fingerprint density at radius 2 is 2.00 bits per heavy atom. The Hall–Kier alpha value is -1.84. The number of rotatable bonds is 5. The molecule has 1 aliphatic heterocycles. The van der Waals surface area contributed by atoms with Crippen molar-refractivity contribution in [1.82, 2.24) is 9.36 Å². The molecule has 0 saturated carbocycles. The lowest BCUT2D eigenvalue weighted by molar-refractivity contribution is -0.151. The maximum atomic E-state index is 12.4. The molecule has 1 fully saturated rings. The van der Waals surface area contributed by atoms with Crippen LogP contribution in [0.1, 0.15) is 18.1 Å². The zero-order valence-corrected chi connectivity index (χ0v) is 14.9. The minimum absolute atomic E-state index is 0.176. The molecule has 2 aromatic rings. The van der Waals surface area contributed by atoms with E-state index in [0.717, 1.165) is 17.1 Å². The molecule has 2 heterocycles. The lowest BCUT2D eigenvalue weighted by atomic mass is 9.88. The fourth-order valence-electron chi connectivity index (χ4n) is 2.14. The number of nitrogens with one attached hydrogen (secondary N) is 1. The second-order valence-electron chi connectivity index (χ2n) is 6.13. The van der Waals surface area contributed by atoms with E-state index in [0.29, 0.717) is 18.8 Å². The maximum Gasteiger partial charge on any atom is 0.261 e. The monoisotopic (exact) mass is 367 g/mol. The van der Waals surface area contributed by atoms with Crippen LogP contribution in [0.15, 0.2) is 29.4 Å². The van der Waals surface area contributed by atoms with E-state index in [1.165, 1.54) is 0 Å². The summed E-state index contributed by atoms with van der Waals surface area (Å²) in [6.45, 7) is 4.40. The molecule has 9 heteroatoms. The van der Waals surface area contributed by atoms with Crippen molar-refractivity contribution in [3.63, 3.8) is 0 Å². The van der Waals surface area contributed by atoms with Crippen molar-refractivity contribution in [3.8, 4) is 0 Å². The first-order chi connectivity index (χ1) is 11.3. The minimum atomic E-state index is -3.66. The van der Waals surface area contributed by atoms with Gasteiger partial charge < -0.3 is 10.1 Å². The maximum absolute atomic E-state index is 12.4. The molecule has 0 bridgehead atoms. The van der Waals surface area contributed by atoms with Gasteiger partial charge in [0, 0.05) is 11.5 Å². The fourth-order valence-corrected chi connectivity index (χ4v) is 4.23. The van der Waals surface area contributed by atoms with Gasteiger partial charge in [0.1, 0.15) is 0 Å². The summed E-state index contributed by atoms with van der Waals surface area (Å²) < 4.78 is 33.7. The van der Waals surface area contributed by atoms with E-state index >= 15 is 0 Å². The Morgan fingerprint density at radius 3 is 2.58 bits per heavy atom. The van der Waals surface area contributed by atoms with Gasteiger partial charge in [-0.3, -0.25) is 4.79 Å². The van der Waals surface area contributed by atoms with Gasteiger partial charge in [-0.05, 0) is 19.4 Å². The molecule has 0 unspecified atom stereocenters. The van der Waals surface area contributed by atoms with Crippen LogP contribution < -0.4 is 5.32 Å². The van der Waals surface area contributed by atoms with Crippen LogP contribution in [-0.4, -0.2) is 36.9 Å². The molecule has 1 N–H and O–H groups in total. The van der Waals surface area contributed by atoms with Crippen LogP contribution in [0.5, 0.6) is 0 Å². The molecule has 0 atom stereocenters. The number of sulfone groups is 1. The third-order valence-corrected chi connectivity index (χ3v) is 5.97. The number of anilines is 1. The number of aryl methyl sites for hydroxylation is 1. The smallest absolute Gasteiger partial charge is 0.261 e. The first-order valence-electron chi connectivity index (χ1n) is 7.30. The average Bonchev–Trinajstić information content (AvgIpc) is 2.96. The van der Waals surface area contributed by atoms with E-state index < -0.39 is 15.3 Å². The first-order valence-corrected chi connectivity index (χ1v) is 9.72. The minimum Gasteiger partial charge on any atom is -0.379 e. The second kappa shape index (κ2) is 6.23. The van der Waals surface area contributed by atoms with Crippen LogP contribution >= 0.6 is 11.5 Å². The molecular weight excluding hydrogens is 350 g/mol. The van der Waals surface area contributed by atoms with Gasteiger partial charge in [0.15, 0.2) is 0 Å². The SMILES string of the molecule is Cc1ccc(CS(=O)(=O)c2nsc(NC(=O)C3(C)COC3)n2)cc1. The summed E-state index contributed by atoms with van der Waals surface area (Å²) >= 11 is 0.855. The van der Waals surface area contributed by atoms with Crippen molar-refractivity contribution < 1.29 is 17.9 Å². The molecule has 128 valence electrons. The Bertz CT molecular complexity index is 855. The summed E-state index contributed by atoms with van der Waals surface area (Å²) in [4.78, 5) is 16.1. The summed E-state index contributed by atoms with van der Waals surface area (Å²) in [5.74, 6) is -0.421. The Labute approximate surface area is 144 Å².